The Hall–Kier alpha value is -2.42. The Balaban J connectivity index is 1.23. The van der Waals surface area contributed by atoms with Crippen molar-refractivity contribution in [2.45, 2.75) is 6.54 Å². The molecule has 1 aliphatic rings. The first-order valence-electron chi connectivity index (χ1n) is 8.92. The smallest absolute Gasteiger partial charge is 0.260 e. The fourth-order valence-corrected chi connectivity index (χ4v) is 3.70. The maximum Gasteiger partial charge on any atom is 0.260 e. The van der Waals surface area contributed by atoms with Gasteiger partial charge in [-0.2, -0.15) is 0 Å². The number of hydrogen-bond donors (Lipinski definition) is 0. The highest BCUT2D eigenvalue weighted by atomic mass is 35.5. The molecular weight excluding hydrogens is 400 g/mol. The van der Waals surface area contributed by atoms with Crippen LogP contribution in [0.5, 0.6) is 5.75 Å². The summed E-state index contributed by atoms with van der Waals surface area (Å²) in [7, 11) is 0. The number of halogens is 1. The first-order chi connectivity index (χ1) is 13.7. The Morgan fingerprint density at radius 1 is 1.14 bits per heavy atom. The zero-order chi connectivity index (χ0) is 19.3. The number of ether oxygens (including phenoxy) is 1. The van der Waals surface area contributed by atoms with Gasteiger partial charge >= 0.3 is 0 Å². The predicted octanol–water partition coefficient (Wildman–Crippen LogP) is 3.17. The molecule has 28 heavy (non-hydrogen) atoms. The number of rotatable bonds is 6. The number of carbonyl (C=O) groups excluding carboxylic acids is 1. The minimum absolute atomic E-state index is 0.0210. The summed E-state index contributed by atoms with van der Waals surface area (Å²) >= 11 is 7.42. The Morgan fingerprint density at radius 3 is 2.64 bits per heavy atom. The minimum Gasteiger partial charge on any atom is -0.484 e. The van der Waals surface area contributed by atoms with E-state index in [0.717, 1.165) is 18.0 Å². The highest BCUT2D eigenvalue weighted by Crippen LogP contribution is 2.23. The van der Waals surface area contributed by atoms with Crippen LogP contribution in [0.2, 0.25) is 5.02 Å². The van der Waals surface area contributed by atoms with Gasteiger partial charge in [0.25, 0.3) is 11.8 Å². The van der Waals surface area contributed by atoms with Gasteiger partial charge in [0.05, 0.1) is 11.4 Å². The molecular formula is C19H19ClN4O3S. The molecule has 2 aromatic heterocycles. The van der Waals surface area contributed by atoms with Crippen molar-refractivity contribution in [1.29, 1.82) is 0 Å². The SMILES string of the molecule is O=C(COc1ccc(Cl)cc1)N1CCN(Cc2nnc(-c3cccs3)o2)CC1. The van der Waals surface area contributed by atoms with Gasteiger partial charge in [-0.05, 0) is 35.7 Å². The van der Waals surface area contributed by atoms with Crippen LogP contribution in [0, 0.1) is 0 Å². The molecule has 0 saturated carbocycles. The molecule has 1 aromatic carbocycles. The number of nitrogens with zero attached hydrogens (tertiary/aromatic N) is 4. The second kappa shape index (κ2) is 8.72. The lowest BCUT2D eigenvalue weighted by atomic mass is 10.3. The van der Waals surface area contributed by atoms with E-state index in [1.165, 1.54) is 0 Å². The number of aromatic nitrogens is 2. The molecule has 7 nitrogen and oxygen atoms in total. The summed E-state index contributed by atoms with van der Waals surface area (Å²) in [6.45, 7) is 3.41. The topological polar surface area (TPSA) is 71.7 Å². The zero-order valence-corrected chi connectivity index (χ0v) is 16.7. The van der Waals surface area contributed by atoms with Crippen molar-refractivity contribution < 1.29 is 13.9 Å². The van der Waals surface area contributed by atoms with Gasteiger partial charge in [-0.25, -0.2) is 0 Å². The molecule has 0 spiro atoms. The van der Waals surface area contributed by atoms with E-state index in [4.69, 9.17) is 20.8 Å². The number of benzene rings is 1. The molecule has 0 aliphatic carbocycles. The van der Waals surface area contributed by atoms with Crippen LogP contribution < -0.4 is 4.74 Å². The second-order valence-corrected chi connectivity index (χ2v) is 7.76. The fraction of sp³-hybridized carbons (Fsp3) is 0.316. The second-order valence-electron chi connectivity index (χ2n) is 6.38. The van der Waals surface area contributed by atoms with Crippen LogP contribution in [0.1, 0.15) is 5.89 Å². The van der Waals surface area contributed by atoms with Crippen LogP contribution in [-0.2, 0) is 11.3 Å². The third-order valence-corrected chi connectivity index (χ3v) is 5.57. The summed E-state index contributed by atoms with van der Waals surface area (Å²) in [6.07, 6.45) is 0. The molecule has 1 amide bonds. The van der Waals surface area contributed by atoms with Crippen LogP contribution in [0.4, 0.5) is 0 Å². The van der Waals surface area contributed by atoms with E-state index in [2.05, 4.69) is 15.1 Å². The Kier molecular flexibility index (Phi) is 5.90. The third-order valence-electron chi connectivity index (χ3n) is 4.46. The number of amides is 1. The maximum absolute atomic E-state index is 12.4. The van der Waals surface area contributed by atoms with Gasteiger partial charge in [-0.1, -0.05) is 17.7 Å². The van der Waals surface area contributed by atoms with E-state index in [1.54, 1.807) is 35.6 Å². The molecule has 3 aromatic rings. The Labute approximate surface area is 171 Å². The third kappa shape index (κ3) is 4.70. The lowest BCUT2D eigenvalue weighted by Crippen LogP contribution is -2.49. The Bertz CT molecular complexity index is 906. The summed E-state index contributed by atoms with van der Waals surface area (Å²) in [5, 5.41) is 10.8. The largest absolute Gasteiger partial charge is 0.484 e. The van der Waals surface area contributed by atoms with Gasteiger partial charge in [0, 0.05) is 31.2 Å². The monoisotopic (exact) mass is 418 g/mol. The summed E-state index contributed by atoms with van der Waals surface area (Å²) in [6, 6.07) is 10.9. The average Bonchev–Trinajstić information content (AvgIpc) is 3.40. The van der Waals surface area contributed by atoms with Gasteiger partial charge in [-0.3, -0.25) is 9.69 Å². The van der Waals surface area contributed by atoms with Crippen molar-refractivity contribution in [3.8, 4) is 16.5 Å². The maximum atomic E-state index is 12.4. The summed E-state index contributed by atoms with van der Waals surface area (Å²) in [4.78, 5) is 17.3. The number of thiophene rings is 1. The van der Waals surface area contributed by atoms with Crippen molar-refractivity contribution in [2.75, 3.05) is 32.8 Å². The van der Waals surface area contributed by atoms with E-state index in [1.807, 2.05) is 22.4 Å². The zero-order valence-electron chi connectivity index (χ0n) is 15.1. The molecule has 0 unspecified atom stereocenters. The molecule has 3 heterocycles. The normalized spacial score (nSPS) is 15.0. The molecule has 0 bridgehead atoms. The van der Waals surface area contributed by atoms with E-state index in [-0.39, 0.29) is 12.5 Å². The summed E-state index contributed by atoms with van der Waals surface area (Å²) < 4.78 is 11.3. The quantitative estimate of drug-likeness (QED) is 0.612. The molecule has 1 fully saturated rings. The van der Waals surface area contributed by atoms with Crippen LogP contribution >= 0.6 is 22.9 Å². The highest BCUT2D eigenvalue weighted by molar-refractivity contribution is 7.13. The first kappa shape index (κ1) is 18.9. The van der Waals surface area contributed by atoms with Crippen molar-refractivity contribution in [1.82, 2.24) is 20.0 Å². The van der Waals surface area contributed by atoms with Gasteiger partial charge in [0.1, 0.15) is 5.75 Å². The van der Waals surface area contributed by atoms with E-state index < -0.39 is 0 Å². The molecule has 146 valence electrons. The van der Waals surface area contributed by atoms with E-state index in [0.29, 0.717) is 42.2 Å². The average molecular weight is 419 g/mol. The van der Waals surface area contributed by atoms with Gasteiger partial charge in [0.15, 0.2) is 6.61 Å². The van der Waals surface area contributed by atoms with Crippen molar-refractivity contribution in [2.24, 2.45) is 0 Å². The van der Waals surface area contributed by atoms with Crippen molar-refractivity contribution >= 4 is 28.8 Å². The molecule has 0 N–H and O–H groups in total. The van der Waals surface area contributed by atoms with Gasteiger partial charge in [-0.15, -0.1) is 21.5 Å². The molecule has 0 atom stereocenters. The van der Waals surface area contributed by atoms with E-state index in [9.17, 15) is 4.79 Å². The molecule has 1 aliphatic heterocycles. The number of piperazine rings is 1. The van der Waals surface area contributed by atoms with Gasteiger partial charge in [0.2, 0.25) is 5.89 Å². The van der Waals surface area contributed by atoms with Crippen molar-refractivity contribution in [3.63, 3.8) is 0 Å². The summed E-state index contributed by atoms with van der Waals surface area (Å²) in [5.41, 5.74) is 0. The standard InChI is InChI=1S/C19H19ClN4O3S/c20-14-3-5-15(6-4-14)26-13-18(25)24-9-7-23(8-10-24)12-17-21-22-19(27-17)16-2-1-11-28-16/h1-6,11H,7-10,12-13H2. The molecule has 4 rings (SSSR count). The fourth-order valence-electron chi connectivity index (χ4n) is 2.93. The summed E-state index contributed by atoms with van der Waals surface area (Å²) in [5.74, 6) is 1.76. The van der Waals surface area contributed by atoms with Crippen LogP contribution in [0.3, 0.4) is 0 Å². The lowest BCUT2D eigenvalue weighted by molar-refractivity contribution is -0.135. The highest BCUT2D eigenvalue weighted by Gasteiger charge is 2.23. The number of carbonyl (C=O) groups is 1. The van der Waals surface area contributed by atoms with Crippen LogP contribution in [0.15, 0.2) is 46.2 Å². The molecule has 9 heteroatoms. The van der Waals surface area contributed by atoms with Crippen LogP contribution in [0.25, 0.3) is 10.8 Å². The lowest BCUT2D eigenvalue weighted by Gasteiger charge is -2.33. The van der Waals surface area contributed by atoms with Gasteiger partial charge < -0.3 is 14.1 Å². The van der Waals surface area contributed by atoms with E-state index >= 15 is 0 Å². The minimum atomic E-state index is -0.0210. The van der Waals surface area contributed by atoms with Crippen LogP contribution in [-0.4, -0.2) is 58.7 Å². The number of hydrogen-bond acceptors (Lipinski definition) is 7. The molecule has 0 radical (unpaired) electrons. The molecule has 1 saturated heterocycles. The Morgan fingerprint density at radius 2 is 1.93 bits per heavy atom. The first-order valence-corrected chi connectivity index (χ1v) is 10.2. The predicted molar refractivity (Wildman–Crippen MR) is 106 cm³/mol. The van der Waals surface area contributed by atoms with Crippen molar-refractivity contribution in [3.05, 3.63) is 52.7 Å².